The van der Waals surface area contributed by atoms with Crippen LogP contribution in [0, 0.1) is 5.92 Å². The van der Waals surface area contributed by atoms with Crippen molar-refractivity contribution in [2.75, 3.05) is 20.3 Å². The molecule has 0 aromatic carbocycles. The van der Waals surface area contributed by atoms with Crippen LogP contribution in [0.5, 0.6) is 0 Å². The normalized spacial score (nSPS) is 15.2. The Hall–Kier alpha value is -0.810. The summed E-state index contributed by atoms with van der Waals surface area (Å²) in [7, 11) is 1.70. The third-order valence-corrected chi connectivity index (χ3v) is 2.60. The van der Waals surface area contributed by atoms with Gasteiger partial charge in [-0.15, -0.1) is 0 Å². The van der Waals surface area contributed by atoms with Crippen molar-refractivity contribution in [2.45, 2.75) is 59.2 Å². The number of alkyl carbamates (subject to hydrolysis) is 1. The first kappa shape index (κ1) is 18.2. The predicted octanol–water partition coefficient (Wildman–Crippen LogP) is 2.16. The molecule has 1 amide bonds. The zero-order valence-electron chi connectivity index (χ0n) is 13.4. The van der Waals surface area contributed by atoms with E-state index in [2.05, 4.69) is 24.5 Å². The lowest BCUT2D eigenvalue weighted by Crippen LogP contribution is -2.48. The molecule has 0 rings (SSSR count). The highest BCUT2D eigenvalue weighted by atomic mass is 16.6. The first-order chi connectivity index (χ1) is 8.65. The Balaban J connectivity index is 4.03. The Kier molecular flexibility index (Phi) is 8.02. The highest BCUT2D eigenvalue weighted by Crippen LogP contribution is 2.06. The summed E-state index contributed by atoms with van der Waals surface area (Å²) in [5.41, 5.74) is -0.461. The monoisotopic (exact) mass is 274 g/mol. The second-order valence-electron chi connectivity index (χ2n) is 6.26. The number of hydrogen-bond donors (Lipinski definition) is 2. The van der Waals surface area contributed by atoms with Crippen LogP contribution in [0.3, 0.4) is 0 Å². The van der Waals surface area contributed by atoms with E-state index in [1.807, 2.05) is 27.7 Å². The van der Waals surface area contributed by atoms with Crippen molar-refractivity contribution in [3.8, 4) is 0 Å². The highest BCUT2D eigenvalue weighted by Gasteiger charge is 2.18. The number of rotatable bonds is 7. The molecule has 0 saturated heterocycles. The van der Waals surface area contributed by atoms with Crippen molar-refractivity contribution in [1.82, 2.24) is 10.6 Å². The van der Waals surface area contributed by atoms with Gasteiger partial charge in [-0.2, -0.15) is 0 Å². The molecule has 0 spiro atoms. The van der Waals surface area contributed by atoms with E-state index in [0.717, 1.165) is 0 Å². The lowest BCUT2D eigenvalue weighted by atomic mass is 10.0. The van der Waals surface area contributed by atoms with E-state index in [-0.39, 0.29) is 18.2 Å². The molecule has 19 heavy (non-hydrogen) atoms. The van der Waals surface area contributed by atoms with Gasteiger partial charge in [0.2, 0.25) is 0 Å². The van der Waals surface area contributed by atoms with Gasteiger partial charge in [0.1, 0.15) is 5.60 Å². The zero-order valence-corrected chi connectivity index (χ0v) is 13.4. The summed E-state index contributed by atoms with van der Waals surface area (Å²) in [6.07, 6.45) is -0.381. The summed E-state index contributed by atoms with van der Waals surface area (Å²) in [4.78, 5) is 11.5. The van der Waals surface area contributed by atoms with Crippen LogP contribution in [0.15, 0.2) is 0 Å². The van der Waals surface area contributed by atoms with E-state index in [0.29, 0.717) is 19.1 Å². The summed E-state index contributed by atoms with van der Waals surface area (Å²) < 4.78 is 10.4. The van der Waals surface area contributed by atoms with Gasteiger partial charge in [-0.05, 0) is 33.6 Å². The molecule has 0 aliphatic carbocycles. The van der Waals surface area contributed by atoms with Crippen molar-refractivity contribution >= 4 is 6.09 Å². The fraction of sp³-hybridized carbons (Fsp3) is 0.929. The number of hydrogen-bond acceptors (Lipinski definition) is 4. The van der Waals surface area contributed by atoms with Gasteiger partial charge in [-0.25, -0.2) is 4.79 Å². The van der Waals surface area contributed by atoms with Gasteiger partial charge in [-0.1, -0.05) is 13.8 Å². The Morgan fingerprint density at radius 1 is 1.21 bits per heavy atom. The Morgan fingerprint density at radius 2 is 1.79 bits per heavy atom. The summed E-state index contributed by atoms with van der Waals surface area (Å²) in [5, 5.41) is 6.20. The number of carbonyl (C=O) groups is 1. The van der Waals surface area contributed by atoms with E-state index in [1.165, 1.54) is 0 Å². The molecular formula is C14H30N2O3. The maximum atomic E-state index is 11.5. The summed E-state index contributed by atoms with van der Waals surface area (Å²) in [5.74, 6) is 0.476. The maximum Gasteiger partial charge on any atom is 0.407 e. The second kappa shape index (κ2) is 8.38. The second-order valence-corrected chi connectivity index (χ2v) is 6.26. The SMILES string of the molecule is COCC(NC(C)CNC(=O)OC(C)(C)C)C(C)C. The minimum Gasteiger partial charge on any atom is -0.444 e. The quantitative estimate of drug-likeness (QED) is 0.747. The lowest BCUT2D eigenvalue weighted by Gasteiger charge is -2.26. The molecule has 2 N–H and O–H groups in total. The van der Waals surface area contributed by atoms with Gasteiger partial charge in [0.05, 0.1) is 6.61 Å². The Bertz CT molecular complexity index is 262. The molecule has 0 saturated carbocycles. The Morgan fingerprint density at radius 3 is 2.21 bits per heavy atom. The van der Waals surface area contributed by atoms with Gasteiger partial charge >= 0.3 is 6.09 Å². The van der Waals surface area contributed by atoms with Crippen LogP contribution in [0.1, 0.15) is 41.5 Å². The maximum absolute atomic E-state index is 11.5. The largest absolute Gasteiger partial charge is 0.444 e. The van der Waals surface area contributed by atoms with E-state index in [9.17, 15) is 4.79 Å². The smallest absolute Gasteiger partial charge is 0.407 e. The molecule has 0 aromatic rings. The van der Waals surface area contributed by atoms with Gasteiger partial charge in [0.25, 0.3) is 0 Å². The molecule has 0 fully saturated rings. The summed E-state index contributed by atoms with van der Waals surface area (Å²) in [6, 6.07) is 0.440. The van der Waals surface area contributed by atoms with E-state index in [1.54, 1.807) is 7.11 Å². The topological polar surface area (TPSA) is 59.6 Å². The first-order valence-electron chi connectivity index (χ1n) is 6.87. The molecule has 2 atom stereocenters. The van der Waals surface area contributed by atoms with Crippen molar-refractivity contribution in [1.29, 1.82) is 0 Å². The molecule has 114 valence electrons. The van der Waals surface area contributed by atoms with Crippen LogP contribution >= 0.6 is 0 Å². The van der Waals surface area contributed by atoms with E-state index >= 15 is 0 Å². The minimum atomic E-state index is -0.461. The molecule has 0 aliphatic rings. The zero-order chi connectivity index (χ0) is 15.1. The number of amides is 1. The predicted molar refractivity (Wildman–Crippen MR) is 77.3 cm³/mol. The van der Waals surface area contributed by atoms with Crippen LogP contribution in [0.25, 0.3) is 0 Å². The molecule has 0 radical (unpaired) electrons. The first-order valence-corrected chi connectivity index (χ1v) is 6.87. The molecule has 5 nitrogen and oxygen atoms in total. The van der Waals surface area contributed by atoms with Crippen LogP contribution < -0.4 is 10.6 Å². The van der Waals surface area contributed by atoms with Crippen molar-refractivity contribution in [3.05, 3.63) is 0 Å². The molecule has 0 aliphatic heterocycles. The third-order valence-electron chi connectivity index (χ3n) is 2.60. The fourth-order valence-electron chi connectivity index (χ4n) is 1.59. The van der Waals surface area contributed by atoms with Gasteiger partial charge < -0.3 is 20.1 Å². The van der Waals surface area contributed by atoms with Gasteiger partial charge in [-0.3, -0.25) is 0 Å². The average Bonchev–Trinajstić information content (AvgIpc) is 2.23. The van der Waals surface area contributed by atoms with E-state index < -0.39 is 5.60 Å². The van der Waals surface area contributed by atoms with Crippen molar-refractivity contribution in [2.24, 2.45) is 5.92 Å². The van der Waals surface area contributed by atoms with E-state index in [4.69, 9.17) is 9.47 Å². The van der Waals surface area contributed by atoms with Crippen molar-refractivity contribution in [3.63, 3.8) is 0 Å². The molecule has 0 bridgehead atoms. The van der Waals surface area contributed by atoms with Crippen molar-refractivity contribution < 1.29 is 14.3 Å². The molecule has 0 heterocycles. The van der Waals surface area contributed by atoms with Crippen LogP contribution in [0.2, 0.25) is 0 Å². The molecule has 0 aromatic heterocycles. The number of carbonyl (C=O) groups excluding carboxylic acids is 1. The van der Waals surface area contributed by atoms with Crippen LogP contribution in [-0.2, 0) is 9.47 Å². The molecule has 5 heteroatoms. The molecule has 2 unspecified atom stereocenters. The highest BCUT2D eigenvalue weighted by molar-refractivity contribution is 5.67. The lowest BCUT2D eigenvalue weighted by molar-refractivity contribution is 0.0520. The fourth-order valence-corrected chi connectivity index (χ4v) is 1.59. The standard InChI is InChI=1S/C14H30N2O3/c1-10(2)12(9-18-7)16-11(3)8-15-13(17)19-14(4,5)6/h10-12,16H,8-9H2,1-7H3,(H,15,17). The number of nitrogens with one attached hydrogen (secondary N) is 2. The average molecular weight is 274 g/mol. The third kappa shape index (κ3) is 9.73. The van der Waals surface area contributed by atoms with Gasteiger partial charge in [0.15, 0.2) is 0 Å². The van der Waals surface area contributed by atoms with Gasteiger partial charge in [0, 0.05) is 25.7 Å². The summed E-state index contributed by atoms with van der Waals surface area (Å²) in [6.45, 7) is 13.1. The summed E-state index contributed by atoms with van der Waals surface area (Å²) >= 11 is 0. The Labute approximate surface area is 117 Å². The minimum absolute atomic E-state index is 0.162. The number of methoxy groups -OCH3 is 1. The van der Waals surface area contributed by atoms with Crippen LogP contribution in [0.4, 0.5) is 4.79 Å². The van der Waals surface area contributed by atoms with Crippen LogP contribution in [-0.4, -0.2) is 44.0 Å². The number of ether oxygens (including phenoxy) is 2. The molecular weight excluding hydrogens is 244 g/mol.